The molecule has 3 aromatic rings. The maximum absolute atomic E-state index is 9.84. The van der Waals surface area contributed by atoms with Gasteiger partial charge in [0.2, 0.25) is 0 Å². The molecule has 1 aromatic heterocycles. The van der Waals surface area contributed by atoms with Gasteiger partial charge in [0.25, 0.3) is 0 Å². The summed E-state index contributed by atoms with van der Waals surface area (Å²) in [5, 5.41) is 12.0. The Hall–Kier alpha value is -3.06. The first-order valence-electron chi connectivity index (χ1n) is 9.96. The first kappa shape index (κ1) is 18.3. The molecule has 0 aliphatic heterocycles. The van der Waals surface area contributed by atoms with Gasteiger partial charge in [-0.2, -0.15) is 5.26 Å². The SMILES string of the molecule is CC(C)COc1ccc(-c2c(C#N)c(N)nc3c2CCCC3)c2ccccc12. The van der Waals surface area contributed by atoms with Gasteiger partial charge in [0.1, 0.15) is 23.2 Å². The summed E-state index contributed by atoms with van der Waals surface area (Å²) in [6.07, 6.45) is 4.09. The summed E-state index contributed by atoms with van der Waals surface area (Å²) >= 11 is 0. The molecule has 1 heterocycles. The summed E-state index contributed by atoms with van der Waals surface area (Å²) in [4.78, 5) is 4.55. The molecule has 0 bridgehead atoms. The number of hydrogen-bond donors (Lipinski definition) is 1. The number of aryl methyl sites for hydroxylation is 1. The van der Waals surface area contributed by atoms with Gasteiger partial charge in [0, 0.05) is 16.6 Å². The minimum absolute atomic E-state index is 0.336. The average Bonchev–Trinajstić information content (AvgIpc) is 2.71. The van der Waals surface area contributed by atoms with Gasteiger partial charge in [0.05, 0.1) is 6.61 Å². The van der Waals surface area contributed by atoms with Gasteiger partial charge in [-0.25, -0.2) is 4.98 Å². The number of nitriles is 1. The number of fused-ring (bicyclic) bond motifs is 2. The number of rotatable bonds is 4. The van der Waals surface area contributed by atoms with Gasteiger partial charge < -0.3 is 10.5 Å². The Labute approximate surface area is 166 Å². The number of anilines is 1. The summed E-state index contributed by atoms with van der Waals surface area (Å²) in [7, 11) is 0. The van der Waals surface area contributed by atoms with Crippen molar-refractivity contribution < 1.29 is 4.74 Å². The van der Waals surface area contributed by atoms with Crippen LogP contribution >= 0.6 is 0 Å². The Morgan fingerprint density at radius 2 is 1.86 bits per heavy atom. The maximum atomic E-state index is 9.84. The Kier molecular flexibility index (Phi) is 4.92. The first-order chi connectivity index (χ1) is 13.6. The van der Waals surface area contributed by atoms with Crippen LogP contribution in [-0.4, -0.2) is 11.6 Å². The summed E-state index contributed by atoms with van der Waals surface area (Å²) in [6.45, 7) is 4.95. The van der Waals surface area contributed by atoms with Gasteiger partial charge in [-0.05, 0) is 60.2 Å². The van der Waals surface area contributed by atoms with E-state index in [1.54, 1.807) is 0 Å². The minimum atomic E-state index is 0.336. The van der Waals surface area contributed by atoms with E-state index in [0.717, 1.165) is 59.0 Å². The van der Waals surface area contributed by atoms with Crippen LogP contribution in [0.25, 0.3) is 21.9 Å². The number of aromatic nitrogens is 1. The van der Waals surface area contributed by atoms with Crippen LogP contribution in [-0.2, 0) is 12.8 Å². The Bertz CT molecular complexity index is 1080. The Morgan fingerprint density at radius 1 is 1.11 bits per heavy atom. The van der Waals surface area contributed by atoms with Crippen LogP contribution in [0.2, 0.25) is 0 Å². The summed E-state index contributed by atoms with van der Waals surface area (Å²) < 4.78 is 6.06. The molecule has 0 saturated carbocycles. The van der Waals surface area contributed by atoms with Gasteiger partial charge >= 0.3 is 0 Å². The highest BCUT2D eigenvalue weighted by Gasteiger charge is 2.23. The molecule has 0 fully saturated rings. The largest absolute Gasteiger partial charge is 0.493 e. The second kappa shape index (κ2) is 7.52. The lowest BCUT2D eigenvalue weighted by molar-refractivity contribution is 0.274. The molecule has 2 N–H and O–H groups in total. The van der Waals surface area contributed by atoms with Crippen LogP contribution in [0.4, 0.5) is 5.82 Å². The lowest BCUT2D eigenvalue weighted by atomic mass is 9.85. The second-order valence-electron chi connectivity index (χ2n) is 7.85. The molecule has 0 radical (unpaired) electrons. The van der Waals surface area contributed by atoms with E-state index in [4.69, 9.17) is 10.5 Å². The number of nitrogens with zero attached hydrogens (tertiary/aromatic N) is 2. The fourth-order valence-corrected chi connectivity index (χ4v) is 4.04. The lowest BCUT2D eigenvalue weighted by Gasteiger charge is -2.22. The highest BCUT2D eigenvalue weighted by atomic mass is 16.5. The lowest BCUT2D eigenvalue weighted by Crippen LogP contribution is -2.12. The molecule has 1 aliphatic carbocycles. The zero-order valence-corrected chi connectivity index (χ0v) is 16.5. The summed E-state index contributed by atoms with van der Waals surface area (Å²) in [6, 6.07) is 14.6. The van der Waals surface area contributed by atoms with Crippen LogP contribution in [0.15, 0.2) is 36.4 Å². The van der Waals surface area contributed by atoms with Gasteiger partial charge in [-0.1, -0.05) is 38.1 Å². The molecule has 4 rings (SSSR count). The van der Waals surface area contributed by atoms with E-state index in [1.165, 1.54) is 5.56 Å². The van der Waals surface area contributed by atoms with E-state index in [-0.39, 0.29) is 0 Å². The van der Waals surface area contributed by atoms with Crippen molar-refractivity contribution in [1.29, 1.82) is 5.26 Å². The number of ether oxygens (including phenoxy) is 1. The normalized spacial score (nSPS) is 13.4. The van der Waals surface area contributed by atoms with Gasteiger partial charge in [0.15, 0.2) is 0 Å². The predicted molar refractivity (Wildman–Crippen MR) is 113 cm³/mol. The van der Waals surface area contributed by atoms with E-state index >= 15 is 0 Å². The topological polar surface area (TPSA) is 71.9 Å². The third kappa shape index (κ3) is 3.18. The number of nitrogens with two attached hydrogens (primary N) is 1. The molecule has 1 aliphatic rings. The van der Waals surface area contributed by atoms with Crippen molar-refractivity contribution in [3.63, 3.8) is 0 Å². The summed E-state index contributed by atoms with van der Waals surface area (Å²) in [5.74, 6) is 1.67. The maximum Gasteiger partial charge on any atom is 0.142 e. The van der Waals surface area contributed by atoms with Crippen LogP contribution in [0.3, 0.4) is 0 Å². The number of benzene rings is 2. The molecule has 2 aromatic carbocycles. The Morgan fingerprint density at radius 3 is 2.61 bits per heavy atom. The van der Waals surface area contributed by atoms with Crippen LogP contribution in [0.5, 0.6) is 5.75 Å². The highest BCUT2D eigenvalue weighted by molar-refractivity contribution is 6.02. The standard InChI is InChI=1S/C24H25N3O/c1-15(2)14-28-22-12-11-18(16-7-3-4-8-17(16)22)23-19-9-5-6-10-21(19)27-24(26)20(23)13-25/h3-4,7-8,11-12,15H,5-6,9-10,14H2,1-2H3,(H2,26,27). The van der Waals surface area contributed by atoms with E-state index in [9.17, 15) is 5.26 Å². The summed E-state index contributed by atoms with van der Waals surface area (Å²) in [5.41, 5.74) is 10.9. The molecule has 0 atom stereocenters. The fourth-order valence-electron chi connectivity index (χ4n) is 4.04. The van der Waals surface area contributed by atoms with Crippen molar-refractivity contribution in [3.05, 3.63) is 53.2 Å². The molecule has 4 heteroatoms. The molecule has 142 valence electrons. The van der Waals surface area contributed by atoms with E-state index < -0.39 is 0 Å². The van der Waals surface area contributed by atoms with Crippen LogP contribution < -0.4 is 10.5 Å². The molecular weight excluding hydrogens is 346 g/mol. The van der Waals surface area contributed by atoms with Crippen LogP contribution in [0, 0.1) is 17.2 Å². The monoisotopic (exact) mass is 371 g/mol. The van der Waals surface area contributed by atoms with Crippen molar-refractivity contribution in [1.82, 2.24) is 4.98 Å². The van der Waals surface area contributed by atoms with E-state index in [1.807, 2.05) is 18.2 Å². The van der Waals surface area contributed by atoms with Crippen molar-refractivity contribution in [2.45, 2.75) is 39.5 Å². The van der Waals surface area contributed by atoms with Crippen molar-refractivity contribution >= 4 is 16.6 Å². The minimum Gasteiger partial charge on any atom is -0.493 e. The number of hydrogen-bond acceptors (Lipinski definition) is 4. The molecule has 4 nitrogen and oxygen atoms in total. The molecule has 0 amide bonds. The second-order valence-corrected chi connectivity index (χ2v) is 7.85. The molecule has 0 saturated heterocycles. The molecule has 0 unspecified atom stereocenters. The smallest absolute Gasteiger partial charge is 0.142 e. The third-order valence-corrected chi connectivity index (χ3v) is 5.34. The predicted octanol–water partition coefficient (Wildman–Crippen LogP) is 5.27. The van der Waals surface area contributed by atoms with Crippen molar-refractivity contribution in [2.75, 3.05) is 12.3 Å². The fraction of sp³-hybridized carbons (Fsp3) is 0.333. The molecule has 0 spiro atoms. The third-order valence-electron chi connectivity index (χ3n) is 5.34. The van der Waals surface area contributed by atoms with E-state index in [2.05, 4.69) is 43.1 Å². The van der Waals surface area contributed by atoms with Crippen molar-refractivity contribution in [2.24, 2.45) is 5.92 Å². The quantitative estimate of drug-likeness (QED) is 0.678. The zero-order chi connectivity index (χ0) is 19.7. The number of pyridine rings is 1. The number of nitrogen functional groups attached to an aromatic ring is 1. The molecular formula is C24H25N3O. The Balaban J connectivity index is 1.97. The molecule has 28 heavy (non-hydrogen) atoms. The average molecular weight is 371 g/mol. The van der Waals surface area contributed by atoms with Crippen molar-refractivity contribution in [3.8, 4) is 22.9 Å². The van der Waals surface area contributed by atoms with Gasteiger partial charge in [-0.3, -0.25) is 0 Å². The zero-order valence-electron chi connectivity index (χ0n) is 16.5. The van der Waals surface area contributed by atoms with E-state index in [0.29, 0.717) is 23.9 Å². The van der Waals surface area contributed by atoms with Gasteiger partial charge in [-0.15, -0.1) is 0 Å². The van der Waals surface area contributed by atoms with Crippen LogP contribution in [0.1, 0.15) is 43.5 Å². The highest BCUT2D eigenvalue weighted by Crippen LogP contribution is 2.41. The first-order valence-corrected chi connectivity index (χ1v) is 9.96.